The lowest BCUT2D eigenvalue weighted by Gasteiger charge is -2.50. The Morgan fingerprint density at radius 1 is 0.827 bits per heavy atom. The van der Waals surface area contributed by atoms with E-state index >= 15 is 4.79 Å². The molecule has 0 radical (unpaired) electrons. The Kier molecular flexibility index (Phi) is 8.14. The monoisotopic (exact) mass is 714 g/mol. The van der Waals surface area contributed by atoms with Crippen LogP contribution >= 0.6 is 11.6 Å². The van der Waals surface area contributed by atoms with E-state index in [9.17, 15) is 19.5 Å². The fourth-order valence-corrected chi connectivity index (χ4v) is 9.53. The van der Waals surface area contributed by atoms with Gasteiger partial charge >= 0.3 is 0 Å². The largest absolute Gasteiger partial charge is 0.508 e. The molecule has 1 N–H and O–H groups in total. The smallest absolute Gasteiger partial charge is 0.246 e. The van der Waals surface area contributed by atoms with Crippen molar-refractivity contribution >= 4 is 40.9 Å². The molecule has 6 atom stereocenters. The molecule has 2 aliphatic carbocycles. The van der Waals surface area contributed by atoms with Gasteiger partial charge in [-0.05, 0) is 74.9 Å². The first-order valence-electron chi connectivity index (χ1n) is 17.7. The lowest BCUT2D eigenvalue weighted by Crippen LogP contribution is -2.53. The number of phenols is 1. The lowest BCUT2D eigenvalue weighted by molar-refractivity contribution is -0.145. The molecule has 2 heterocycles. The van der Waals surface area contributed by atoms with Crippen LogP contribution in [0.15, 0.2) is 115 Å². The molecule has 1 saturated carbocycles. The van der Waals surface area contributed by atoms with Crippen LogP contribution in [0.2, 0.25) is 5.02 Å². The zero-order chi connectivity index (χ0) is 36.5. The highest BCUT2D eigenvalue weighted by atomic mass is 35.5. The van der Waals surface area contributed by atoms with Crippen LogP contribution in [0.4, 0.5) is 5.69 Å². The van der Waals surface area contributed by atoms with Crippen LogP contribution < -0.4 is 9.64 Å². The van der Waals surface area contributed by atoms with Gasteiger partial charge in [0, 0.05) is 28.1 Å². The number of carbonyl (C=O) groups is 4. The number of anilines is 1. The van der Waals surface area contributed by atoms with Gasteiger partial charge in [0.2, 0.25) is 23.6 Å². The molecule has 2 aliphatic heterocycles. The fraction of sp³-hybridized carbons (Fsp3) is 0.302. The molecule has 9 heteroatoms. The van der Waals surface area contributed by atoms with E-state index in [2.05, 4.69) is 0 Å². The number of carbonyl (C=O) groups excluding carboxylic acids is 4. The van der Waals surface area contributed by atoms with Gasteiger partial charge in [0.25, 0.3) is 0 Å². The maximum Gasteiger partial charge on any atom is 0.246 e. The molecule has 0 bridgehead atoms. The van der Waals surface area contributed by atoms with Crippen LogP contribution in [-0.2, 0) is 31.2 Å². The summed E-state index contributed by atoms with van der Waals surface area (Å²) in [4.78, 5) is 61.1. The number of aromatic hydroxyl groups is 1. The van der Waals surface area contributed by atoms with Crippen LogP contribution in [0, 0.1) is 23.7 Å². The summed E-state index contributed by atoms with van der Waals surface area (Å²) in [6.45, 7) is 5.83. The number of fused-ring (bicyclic) bond motifs is 4. The second kappa shape index (κ2) is 12.5. The molecule has 4 aromatic rings. The molecule has 8 nitrogen and oxygen atoms in total. The van der Waals surface area contributed by atoms with Crippen LogP contribution in [0.1, 0.15) is 56.2 Å². The van der Waals surface area contributed by atoms with E-state index in [-0.39, 0.29) is 30.6 Å². The van der Waals surface area contributed by atoms with Gasteiger partial charge in [-0.1, -0.05) is 96.0 Å². The van der Waals surface area contributed by atoms with Crippen LogP contribution in [0.25, 0.3) is 0 Å². The van der Waals surface area contributed by atoms with E-state index in [0.29, 0.717) is 34.0 Å². The Balaban J connectivity index is 1.32. The summed E-state index contributed by atoms with van der Waals surface area (Å²) in [7, 11) is 0. The molecule has 0 aromatic heterocycles. The van der Waals surface area contributed by atoms with Crippen molar-refractivity contribution < 1.29 is 29.0 Å². The number of nitrogens with zero attached hydrogens (tertiary/aromatic N) is 2. The predicted octanol–water partition coefficient (Wildman–Crippen LogP) is 7.59. The van der Waals surface area contributed by atoms with Gasteiger partial charge in [-0.15, -0.1) is 0 Å². The SMILES string of the molecule is CC(C)(C)N1C(=O)C2CC=C3C(CC4C(=O)N(c5cccc(Cl)c5)C(=O)C4(c4ccccc4)C3c3ccc(OCc4ccccc4)cc3O)C2C1=O. The molecule has 0 spiro atoms. The van der Waals surface area contributed by atoms with Gasteiger partial charge in [-0.3, -0.25) is 24.1 Å². The number of ether oxygens (including phenoxy) is 1. The van der Waals surface area contributed by atoms with Gasteiger partial charge in [-0.25, -0.2) is 4.90 Å². The predicted molar refractivity (Wildman–Crippen MR) is 197 cm³/mol. The van der Waals surface area contributed by atoms with Crippen molar-refractivity contribution in [3.63, 3.8) is 0 Å². The fourth-order valence-electron chi connectivity index (χ4n) is 9.35. The van der Waals surface area contributed by atoms with E-state index in [1.807, 2.05) is 87.5 Å². The van der Waals surface area contributed by atoms with E-state index in [4.69, 9.17) is 16.3 Å². The van der Waals surface area contributed by atoms with Crippen molar-refractivity contribution in [1.29, 1.82) is 0 Å². The third-order valence-corrected chi connectivity index (χ3v) is 11.6. The van der Waals surface area contributed by atoms with Crippen LogP contribution in [-0.4, -0.2) is 39.2 Å². The third-order valence-electron chi connectivity index (χ3n) is 11.4. The summed E-state index contributed by atoms with van der Waals surface area (Å²) < 4.78 is 6.06. The zero-order valence-electron chi connectivity index (χ0n) is 29.2. The highest BCUT2D eigenvalue weighted by Crippen LogP contribution is 2.65. The Labute approximate surface area is 307 Å². The summed E-state index contributed by atoms with van der Waals surface area (Å²) in [5, 5.41) is 12.3. The number of amides is 4. The number of benzene rings is 4. The summed E-state index contributed by atoms with van der Waals surface area (Å²) in [5.74, 6) is -4.57. The summed E-state index contributed by atoms with van der Waals surface area (Å²) in [6, 6.07) is 30.7. The molecule has 264 valence electrons. The minimum Gasteiger partial charge on any atom is -0.508 e. The van der Waals surface area contributed by atoms with E-state index in [0.717, 1.165) is 11.1 Å². The van der Waals surface area contributed by atoms with Crippen molar-refractivity contribution in [2.75, 3.05) is 4.90 Å². The third kappa shape index (κ3) is 5.10. The Hall–Kier alpha value is -5.21. The Bertz CT molecular complexity index is 2140. The van der Waals surface area contributed by atoms with Crippen molar-refractivity contribution in [3.8, 4) is 11.5 Å². The second-order valence-corrected chi connectivity index (χ2v) is 15.7. The number of phenolic OH excluding ortho intramolecular Hbond substituents is 1. The number of imide groups is 2. The van der Waals surface area contributed by atoms with E-state index in [1.54, 1.807) is 42.5 Å². The first-order chi connectivity index (χ1) is 24.9. The minimum atomic E-state index is -1.49. The maximum absolute atomic E-state index is 15.4. The van der Waals surface area contributed by atoms with Crippen molar-refractivity contribution in [1.82, 2.24) is 4.90 Å². The molecule has 4 aliphatic rings. The summed E-state index contributed by atoms with van der Waals surface area (Å²) in [6.07, 6.45) is 2.47. The quantitative estimate of drug-likeness (QED) is 0.163. The number of hydrogen-bond acceptors (Lipinski definition) is 6. The van der Waals surface area contributed by atoms with Crippen molar-refractivity contribution in [2.24, 2.45) is 23.7 Å². The first-order valence-corrected chi connectivity index (χ1v) is 18.1. The highest BCUT2D eigenvalue weighted by Gasteiger charge is 2.70. The molecule has 52 heavy (non-hydrogen) atoms. The first kappa shape index (κ1) is 33.9. The molecular weight excluding hydrogens is 676 g/mol. The summed E-state index contributed by atoms with van der Waals surface area (Å²) >= 11 is 6.41. The van der Waals surface area contributed by atoms with Gasteiger partial charge in [-0.2, -0.15) is 0 Å². The van der Waals surface area contributed by atoms with Gasteiger partial charge in [0.15, 0.2) is 0 Å². The van der Waals surface area contributed by atoms with Gasteiger partial charge < -0.3 is 9.84 Å². The number of hydrogen-bond donors (Lipinski definition) is 1. The number of halogens is 1. The molecular formula is C43H39ClN2O6. The maximum atomic E-state index is 15.4. The molecule has 3 fully saturated rings. The minimum absolute atomic E-state index is 0.0973. The molecule has 4 amide bonds. The molecule has 4 aromatic carbocycles. The van der Waals surface area contributed by atoms with Crippen LogP contribution in [0.5, 0.6) is 11.5 Å². The zero-order valence-corrected chi connectivity index (χ0v) is 29.9. The number of rotatable bonds is 6. The van der Waals surface area contributed by atoms with Crippen molar-refractivity contribution in [2.45, 2.75) is 57.1 Å². The standard InChI is InChI=1S/C43H39ClN2O6/c1-42(2,3)46-38(48)32-20-19-30-33(36(32)40(46)50)23-34-39(49)45(28-16-10-15-27(44)21-28)41(51)43(34,26-13-8-5-9-14-26)37(30)31-18-17-29(22-35(31)47)52-24-25-11-6-4-7-12-25/h4-19,21-22,32-34,36-37,47H,20,23-24H2,1-3H3. The topological polar surface area (TPSA) is 104 Å². The van der Waals surface area contributed by atoms with Gasteiger partial charge in [0.05, 0.1) is 28.9 Å². The van der Waals surface area contributed by atoms with E-state index < -0.39 is 52.4 Å². The molecule has 8 rings (SSSR count). The van der Waals surface area contributed by atoms with Crippen molar-refractivity contribution in [3.05, 3.63) is 136 Å². The normalized spacial score (nSPS) is 26.9. The average Bonchev–Trinajstić information content (AvgIpc) is 3.52. The lowest BCUT2D eigenvalue weighted by atomic mass is 9.49. The summed E-state index contributed by atoms with van der Waals surface area (Å²) in [5.41, 5.74) is 0.933. The van der Waals surface area contributed by atoms with E-state index in [1.165, 1.54) is 9.80 Å². The second-order valence-electron chi connectivity index (χ2n) is 15.3. The van der Waals surface area contributed by atoms with Gasteiger partial charge in [0.1, 0.15) is 18.1 Å². The number of likely N-dealkylation sites (tertiary alicyclic amines) is 1. The van der Waals surface area contributed by atoms with Crippen LogP contribution in [0.3, 0.4) is 0 Å². The Morgan fingerprint density at radius 2 is 1.54 bits per heavy atom. The molecule has 6 unspecified atom stereocenters. The molecule has 2 saturated heterocycles. The average molecular weight is 715 g/mol. The Morgan fingerprint density at radius 3 is 2.21 bits per heavy atom. The highest BCUT2D eigenvalue weighted by molar-refractivity contribution is 6.32. The number of allylic oxidation sites excluding steroid dienone is 2.